The van der Waals surface area contributed by atoms with Gasteiger partial charge < -0.3 is 15.4 Å². The molecule has 0 aliphatic carbocycles. The summed E-state index contributed by atoms with van der Waals surface area (Å²) >= 11 is 0. The first-order valence-electron chi connectivity index (χ1n) is 8.99. The molecule has 0 aliphatic heterocycles. The molecule has 1 heterocycles. The number of para-hydroxylation sites is 1. The molecule has 0 spiro atoms. The molecule has 2 amide bonds. The average Bonchev–Trinajstić information content (AvgIpc) is 2.75. The zero-order valence-corrected chi connectivity index (χ0v) is 15.8. The summed E-state index contributed by atoms with van der Waals surface area (Å²) in [5, 5.41) is 5.27. The van der Waals surface area contributed by atoms with Gasteiger partial charge in [0.05, 0.1) is 23.9 Å². The lowest BCUT2D eigenvalue weighted by molar-refractivity contribution is 0.0953. The third-order valence-electron chi connectivity index (χ3n) is 4.22. The number of pyridine rings is 1. The van der Waals surface area contributed by atoms with Crippen molar-refractivity contribution in [2.45, 2.75) is 6.42 Å². The van der Waals surface area contributed by atoms with E-state index in [1.165, 1.54) is 36.7 Å². The Bertz CT molecular complexity index is 1020. The number of amides is 2. The number of nitrogens with one attached hydrogen (secondary N) is 2. The number of hydrogen-bond acceptors (Lipinski definition) is 4. The van der Waals surface area contributed by atoms with Crippen LogP contribution >= 0.6 is 0 Å². The SMILES string of the molecule is COc1cccc(CCNC(=O)c2cncc(C(=O)Nc3ccccc3F)c2)c1. The predicted octanol–water partition coefficient (Wildman–Crippen LogP) is 3.45. The lowest BCUT2D eigenvalue weighted by Gasteiger charge is -2.09. The molecule has 0 saturated carbocycles. The highest BCUT2D eigenvalue weighted by molar-refractivity contribution is 6.05. The number of carbonyl (C=O) groups is 2. The molecule has 7 heteroatoms. The molecule has 2 aromatic carbocycles. The number of methoxy groups -OCH3 is 1. The lowest BCUT2D eigenvalue weighted by Crippen LogP contribution is -2.26. The summed E-state index contributed by atoms with van der Waals surface area (Å²) in [6.07, 6.45) is 3.33. The molecule has 0 radical (unpaired) electrons. The fourth-order valence-electron chi connectivity index (χ4n) is 2.70. The molecule has 0 atom stereocenters. The first-order chi connectivity index (χ1) is 14.1. The van der Waals surface area contributed by atoms with Gasteiger partial charge in [-0.05, 0) is 42.3 Å². The first kappa shape index (κ1) is 20.0. The van der Waals surface area contributed by atoms with Crippen LogP contribution in [0.25, 0.3) is 0 Å². The maximum Gasteiger partial charge on any atom is 0.257 e. The number of benzene rings is 2. The molecule has 0 aliphatic rings. The van der Waals surface area contributed by atoms with E-state index in [1.54, 1.807) is 13.2 Å². The van der Waals surface area contributed by atoms with E-state index in [4.69, 9.17) is 4.74 Å². The van der Waals surface area contributed by atoms with Gasteiger partial charge in [0, 0.05) is 18.9 Å². The number of anilines is 1. The topological polar surface area (TPSA) is 80.3 Å². The standard InChI is InChI=1S/C22H20FN3O3/c1-29-18-6-4-5-15(11-18)9-10-25-21(27)16-12-17(14-24-13-16)22(28)26-20-8-3-2-7-19(20)23/h2-8,11-14H,9-10H2,1H3,(H,25,27)(H,26,28). The fourth-order valence-corrected chi connectivity index (χ4v) is 2.70. The molecule has 3 aromatic rings. The summed E-state index contributed by atoms with van der Waals surface area (Å²) in [5.41, 5.74) is 1.50. The molecular formula is C22H20FN3O3. The molecule has 0 fully saturated rings. The maximum atomic E-state index is 13.7. The van der Waals surface area contributed by atoms with E-state index in [-0.39, 0.29) is 22.7 Å². The van der Waals surface area contributed by atoms with Crippen LogP contribution in [-0.2, 0) is 6.42 Å². The predicted molar refractivity (Wildman–Crippen MR) is 108 cm³/mol. The quantitative estimate of drug-likeness (QED) is 0.644. The van der Waals surface area contributed by atoms with Crippen molar-refractivity contribution in [2.24, 2.45) is 0 Å². The van der Waals surface area contributed by atoms with E-state index in [9.17, 15) is 14.0 Å². The van der Waals surface area contributed by atoms with Crippen molar-refractivity contribution in [3.05, 3.63) is 89.5 Å². The molecule has 1 aromatic heterocycles. The van der Waals surface area contributed by atoms with Gasteiger partial charge in [-0.2, -0.15) is 0 Å². The largest absolute Gasteiger partial charge is 0.497 e. The van der Waals surface area contributed by atoms with Crippen LogP contribution in [0.5, 0.6) is 5.75 Å². The zero-order chi connectivity index (χ0) is 20.6. The highest BCUT2D eigenvalue weighted by Crippen LogP contribution is 2.15. The second-order valence-electron chi connectivity index (χ2n) is 6.25. The number of carbonyl (C=O) groups excluding carboxylic acids is 2. The summed E-state index contributed by atoms with van der Waals surface area (Å²) in [4.78, 5) is 28.7. The zero-order valence-electron chi connectivity index (χ0n) is 15.8. The van der Waals surface area contributed by atoms with Gasteiger partial charge >= 0.3 is 0 Å². The Morgan fingerprint density at radius 2 is 1.76 bits per heavy atom. The van der Waals surface area contributed by atoms with Crippen molar-refractivity contribution in [2.75, 3.05) is 19.0 Å². The Hall–Kier alpha value is -3.74. The molecule has 148 valence electrons. The van der Waals surface area contributed by atoms with Crippen LogP contribution in [-0.4, -0.2) is 30.5 Å². The van der Waals surface area contributed by atoms with E-state index < -0.39 is 11.7 Å². The van der Waals surface area contributed by atoms with Crippen molar-refractivity contribution >= 4 is 17.5 Å². The molecule has 6 nitrogen and oxygen atoms in total. The van der Waals surface area contributed by atoms with Gasteiger partial charge in [-0.15, -0.1) is 0 Å². The van der Waals surface area contributed by atoms with Gasteiger partial charge in [0.15, 0.2) is 0 Å². The number of rotatable bonds is 7. The summed E-state index contributed by atoms with van der Waals surface area (Å²) in [5.74, 6) is -0.679. The molecule has 0 unspecified atom stereocenters. The van der Waals surface area contributed by atoms with Crippen LogP contribution in [0.1, 0.15) is 26.3 Å². The Morgan fingerprint density at radius 1 is 1.00 bits per heavy atom. The average molecular weight is 393 g/mol. The van der Waals surface area contributed by atoms with Crippen molar-refractivity contribution in [3.8, 4) is 5.75 Å². The number of aromatic nitrogens is 1. The number of ether oxygens (including phenoxy) is 1. The highest BCUT2D eigenvalue weighted by atomic mass is 19.1. The Balaban J connectivity index is 1.60. The van der Waals surface area contributed by atoms with Crippen molar-refractivity contribution in [3.63, 3.8) is 0 Å². The number of halogens is 1. The Morgan fingerprint density at radius 3 is 2.52 bits per heavy atom. The van der Waals surface area contributed by atoms with E-state index in [0.29, 0.717) is 13.0 Å². The van der Waals surface area contributed by atoms with Crippen LogP contribution in [0, 0.1) is 5.82 Å². The van der Waals surface area contributed by atoms with Crippen LogP contribution in [0.15, 0.2) is 67.0 Å². The molecule has 0 saturated heterocycles. The third-order valence-corrected chi connectivity index (χ3v) is 4.22. The summed E-state index contributed by atoms with van der Waals surface area (Å²) in [6, 6.07) is 14.9. The number of hydrogen-bond donors (Lipinski definition) is 2. The van der Waals surface area contributed by atoms with E-state index in [1.807, 2.05) is 24.3 Å². The van der Waals surface area contributed by atoms with Crippen LogP contribution in [0.2, 0.25) is 0 Å². The Kier molecular flexibility index (Phi) is 6.52. The van der Waals surface area contributed by atoms with Crippen molar-refractivity contribution < 1.29 is 18.7 Å². The van der Waals surface area contributed by atoms with E-state index in [0.717, 1.165) is 11.3 Å². The van der Waals surface area contributed by atoms with Gasteiger partial charge in [-0.1, -0.05) is 24.3 Å². The van der Waals surface area contributed by atoms with E-state index >= 15 is 0 Å². The second kappa shape index (κ2) is 9.45. The van der Waals surface area contributed by atoms with Gasteiger partial charge in [0.1, 0.15) is 11.6 Å². The molecule has 2 N–H and O–H groups in total. The number of nitrogens with zero attached hydrogens (tertiary/aromatic N) is 1. The summed E-state index contributed by atoms with van der Waals surface area (Å²) in [7, 11) is 1.60. The Labute approximate surface area is 167 Å². The van der Waals surface area contributed by atoms with Gasteiger partial charge in [-0.25, -0.2) is 4.39 Å². The molecular weight excluding hydrogens is 373 g/mol. The molecule has 0 bridgehead atoms. The minimum absolute atomic E-state index is 0.0608. The van der Waals surface area contributed by atoms with Crippen molar-refractivity contribution in [1.29, 1.82) is 0 Å². The summed E-state index contributed by atoms with van der Waals surface area (Å²) < 4.78 is 18.9. The highest BCUT2D eigenvalue weighted by Gasteiger charge is 2.13. The van der Waals surface area contributed by atoms with Gasteiger partial charge in [0.25, 0.3) is 11.8 Å². The lowest BCUT2D eigenvalue weighted by atomic mass is 10.1. The van der Waals surface area contributed by atoms with Crippen LogP contribution < -0.4 is 15.4 Å². The molecule has 29 heavy (non-hydrogen) atoms. The first-order valence-corrected chi connectivity index (χ1v) is 8.99. The normalized spacial score (nSPS) is 10.3. The smallest absolute Gasteiger partial charge is 0.257 e. The van der Waals surface area contributed by atoms with Crippen molar-refractivity contribution in [1.82, 2.24) is 10.3 Å². The monoisotopic (exact) mass is 393 g/mol. The minimum Gasteiger partial charge on any atom is -0.497 e. The minimum atomic E-state index is -0.548. The van der Waals surface area contributed by atoms with Crippen LogP contribution in [0.4, 0.5) is 10.1 Å². The van der Waals surface area contributed by atoms with Crippen LogP contribution in [0.3, 0.4) is 0 Å². The van der Waals surface area contributed by atoms with Gasteiger partial charge in [-0.3, -0.25) is 14.6 Å². The summed E-state index contributed by atoms with van der Waals surface area (Å²) in [6.45, 7) is 0.414. The second-order valence-corrected chi connectivity index (χ2v) is 6.25. The van der Waals surface area contributed by atoms with E-state index in [2.05, 4.69) is 15.6 Å². The fraction of sp³-hybridized carbons (Fsp3) is 0.136. The molecule has 3 rings (SSSR count). The van der Waals surface area contributed by atoms with Gasteiger partial charge in [0.2, 0.25) is 0 Å². The third kappa shape index (κ3) is 5.38. The maximum absolute atomic E-state index is 13.7.